The van der Waals surface area contributed by atoms with E-state index in [1.54, 1.807) is 0 Å². The van der Waals surface area contributed by atoms with Crippen LogP contribution in [0.2, 0.25) is 0 Å². The Bertz CT molecular complexity index is 255. The molecule has 0 heterocycles. The normalized spacial score (nSPS) is 24.1. The summed E-state index contributed by atoms with van der Waals surface area (Å²) in [4.78, 5) is 12.0. The second kappa shape index (κ2) is 7.13. The van der Waals surface area contributed by atoms with E-state index < -0.39 is 0 Å². The number of hydrogen-bond donors (Lipinski definition) is 1. The van der Waals surface area contributed by atoms with Gasteiger partial charge in [-0.3, -0.25) is 4.79 Å². The summed E-state index contributed by atoms with van der Waals surface area (Å²) in [6.45, 7) is 0.821. The molecule has 2 aliphatic rings. The Morgan fingerprint density at radius 3 is 2.33 bits per heavy atom. The van der Waals surface area contributed by atoms with Crippen molar-refractivity contribution in [1.29, 1.82) is 0 Å². The summed E-state index contributed by atoms with van der Waals surface area (Å²) in [5.41, 5.74) is 0. The number of hydrogen-bond acceptors (Lipinski definition) is 3. The van der Waals surface area contributed by atoms with Gasteiger partial charge in [0.05, 0.1) is 13.0 Å². The molecule has 0 aromatic carbocycles. The van der Waals surface area contributed by atoms with Gasteiger partial charge in [0.25, 0.3) is 0 Å². The molecule has 0 aromatic rings. The molecule has 2 aliphatic carbocycles. The lowest BCUT2D eigenvalue weighted by Gasteiger charge is -2.29. The summed E-state index contributed by atoms with van der Waals surface area (Å²) >= 11 is 0. The van der Waals surface area contributed by atoms with Crippen LogP contribution in [0.1, 0.15) is 57.8 Å². The van der Waals surface area contributed by atoms with Crippen LogP contribution < -0.4 is 5.32 Å². The SMILES string of the molecule is COC(=O)C(CNC1CCCC1)C1CCCCC1. The zero-order valence-electron chi connectivity index (χ0n) is 11.6. The summed E-state index contributed by atoms with van der Waals surface area (Å²) in [6.07, 6.45) is 11.5. The van der Waals surface area contributed by atoms with Gasteiger partial charge in [-0.05, 0) is 31.6 Å². The highest BCUT2D eigenvalue weighted by atomic mass is 16.5. The Labute approximate surface area is 111 Å². The first-order chi connectivity index (χ1) is 8.81. The second-order valence-corrected chi connectivity index (χ2v) is 5.92. The van der Waals surface area contributed by atoms with Crippen LogP contribution in [0.5, 0.6) is 0 Å². The van der Waals surface area contributed by atoms with Crippen LogP contribution in [-0.4, -0.2) is 25.7 Å². The van der Waals surface area contributed by atoms with Gasteiger partial charge in [0.15, 0.2) is 0 Å². The molecule has 0 spiro atoms. The third kappa shape index (κ3) is 3.71. The van der Waals surface area contributed by atoms with E-state index in [0.717, 1.165) is 6.54 Å². The van der Waals surface area contributed by atoms with Crippen LogP contribution in [-0.2, 0) is 9.53 Å². The van der Waals surface area contributed by atoms with Crippen LogP contribution in [0.3, 0.4) is 0 Å². The fraction of sp³-hybridized carbons (Fsp3) is 0.933. The third-order valence-corrected chi connectivity index (χ3v) is 4.70. The van der Waals surface area contributed by atoms with Gasteiger partial charge in [-0.1, -0.05) is 32.1 Å². The van der Waals surface area contributed by atoms with Gasteiger partial charge >= 0.3 is 5.97 Å². The smallest absolute Gasteiger partial charge is 0.310 e. The van der Waals surface area contributed by atoms with E-state index in [1.165, 1.54) is 64.9 Å². The maximum Gasteiger partial charge on any atom is 0.310 e. The summed E-state index contributed by atoms with van der Waals surface area (Å²) in [5.74, 6) is 0.614. The molecule has 18 heavy (non-hydrogen) atoms. The quantitative estimate of drug-likeness (QED) is 0.766. The standard InChI is InChI=1S/C15H27NO2/c1-18-15(17)14(12-7-3-2-4-8-12)11-16-13-9-5-6-10-13/h12-14,16H,2-11H2,1H3. The topological polar surface area (TPSA) is 38.3 Å². The Hall–Kier alpha value is -0.570. The Morgan fingerprint density at radius 2 is 1.72 bits per heavy atom. The second-order valence-electron chi connectivity index (χ2n) is 5.92. The van der Waals surface area contributed by atoms with E-state index >= 15 is 0 Å². The molecule has 2 rings (SSSR count). The first kappa shape index (κ1) is 13.9. The van der Waals surface area contributed by atoms with Crippen molar-refractivity contribution >= 4 is 5.97 Å². The van der Waals surface area contributed by atoms with E-state index in [2.05, 4.69) is 5.32 Å². The fourth-order valence-corrected chi connectivity index (χ4v) is 3.55. The molecule has 0 aliphatic heterocycles. The van der Waals surface area contributed by atoms with E-state index in [-0.39, 0.29) is 11.9 Å². The number of nitrogens with one attached hydrogen (secondary N) is 1. The predicted molar refractivity (Wildman–Crippen MR) is 72.3 cm³/mol. The lowest BCUT2D eigenvalue weighted by molar-refractivity contribution is -0.147. The molecule has 104 valence electrons. The average Bonchev–Trinajstić information content (AvgIpc) is 2.93. The molecule has 2 saturated carbocycles. The number of rotatable bonds is 5. The Balaban J connectivity index is 1.84. The van der Waals surface area contributed by atoms with Crippen molar-refractivity contribution in [3.63, 3.8) is 0 Å². The summed E-state index contributed by atoms with van der Waals surface area (Å²) in [5, 5.41) is 3.59. The molecule has 1 atom stereocenters. The maximum absolute atomic E-state index is 12.0. The monoisotopic (exact) mass is 253 g/mol. The van der Waals surface area contributed by atoms with Crippen molar-refractivity contribution in [2.75, 3.05) is 13.7 Å². The van der Waals surface area contributed by atoms with E-state index in [4.69, 9.17) is 4.74 Å². The van der Waals surface area contributed by atoms with Gasteiger partial charge in [0.1, 0.15) is 0 Å². The van der Waals surface area contributed by atoms with E-state index in [9.17, 15) is 4.79 Å². The van der Waals surface area contributed by atoms with Crippen LogP contribution in [0, 0.1) is 11.8 Å². The molecule has 0 saturated heterocycles. The summed E-state index contributed by atoms with van der Waals surface area (Å²) < 4.78 is 5.00. The number of methoxy groups -OCH3 is 1. The first-order valence-electron chi connectivity index (χ1n) is 7.62. The van der Waals surface area contributed by atoms with Crippen LogP contribution in [0.4, 0.5) is 0 Å². The van der Waals surface area contributed by atoms with Gasteiger partial charge < -0.3 is 10.1 Å². The summed E-state index contributed by atoms with van der Waals surface area (Å²) in [7, 11) is 1.52. The fourth-order valence-electron chi connectivity index (χ4n) is 3.55. The highest BCUT2D eigenvalue weighted by molar-refractivity contribution is 5.72. The lowest BCUT2D eigenvalue weighted by atomic mass is 9.80. The molecule has 0 bridgehead atoms. The van der Waals surface area contributed by atoms with Gasteiger partial charge in [-0.2, -0.15) is 0 Å². The Morgan fingerprint density at radius 1 is 1.11 bits per heavy atom. The minimum atomic E-state index is -0.00704. The van der Waals surface area contributed by atoms with Crippen molar-refractivity contribution in [3.8, 4) is 0 Å². The molecule has 3 nitrogen and oxygen atoms in total. The van der Waals surface area contributed by atoms with Crippen molar-refractivity contribution in [2.45, 2.75) is 63.8 Å². The van der Waals surface area contributed by atoms with Gasteiger partial charge in [-0.25, -0.2) is 0 Å². The van der Waals surface area contributed by atoms with Gasteiger partial charge in [0, 0.05) is 12.6 Å². The number of carbonyl (C=O) groups excluding carboxylic acids is 1. The highest BCUT2D eigenvalue weighted by Crippen LogP contribution is 2.31. The molecule has 0 radical (unpaired) electrons. The largest absolute Gasteiger partial charge is 0.469 e. The lowest BCUT2D eigenvalue weighted by Crippen LogP contribution is -2.39. The summed E-state index contributed by atoms with van der Waals surface area (Å²) in [6, 6.07) is 0.640. The highest BCUT2D eigenvalue weighted by Gasteiger charge is 2.30. The van der Waals surface area contributed by atoms with E-state index in [1.807, 2.05) is 0 Å². The van der Waals surface area contributed by atoms with Crippen molar-refractivity contribution in [1.82, 2.24) is 5.32 Å². The number of ether oxygens (including phenoxy) is 1. The van der Waals surface area contributed by atoms with E-state index in [0.29, 0.717) is 12.0 Å². The van der Waals surface area contributed by atoms with Gasteiger partial charge in [0.2, 0.25) is 0 Å². The zero-order chi connectivity index (χ0) is 12.8. The number of carbonyl (C=O) groups is 1. The van der Waals surface area contributed by atoms with Crippen molar-refractivity contribution in [2.24, 2.45) is 11.8 Å². The maximum atomic E-state index is 12.0. The predicted octanol–water partition coefficient (Wildman–Crippen LogP) is 2.89. The number of esters is 1. The molecule has 1 unspecified atom stereocenters. The van der Waals surface area contributed by atoms with Crippen molar-refractivity contribution < 1.29 is 9.53 Å². The molecule has 2 fully saturated rings. The molecule has 3 heteroatoms. The minimum Gasteiger partial charge on any atom is -0.469 e. The van der Waals surface area contributed by atoms with Crippen LogP contribution in [0.15, 0.2) is 0 Å². The zero-order valence-corrected chi connectivity index (χ0v) is 11.6. The Kier molecular flexibility index (Phi) is 5.48. The minimum absolute atomic E-state index is 0.00704. The van der Waals surface area contributed by atoms with Gasteiger partial charge in [-0.15, -0.1) is 0 Å². The molecule has 1 N–H and O–H groups in total. The first-order valence-corrected chi connectivity index (χ1v) is 7.62. The molecular formula is C15H27NO2. The van der Waals surface area contributed by atoms with Crippen LogP contribution in [0.25, 0.3) is 0 Å². The average molecular weight is 253 g/mol. The molecular weight excluding hydrogens is 226 g/mol. The van der Waals surface area contributed by atoms with Crippen molar-refractivity contribution in [3.05, 3.63) is 0 Å². The molecule has 0 amide bonds. The third-order valence-electron chi connectivity index (χ3n) is 4.70. The van der Waals surface area contributed by atoms with Crippen LogP contribution >= 0.6 is 0 Å². The molecule has 0 aromatic heterocycles.